The second-order valence-electron chi connectivity index (χ2n) is 12.4. The minimum absolute atomic E-state index is 0.0165. The Kier molecular flexibility index (Phi) is 8.15. The second-order valence-corrected chi connectivity index (χ2v) is 12.4. The van der Waals surface area contributed by atoms with E-state index in [0.29, 0.717) is 47.8 Å². The predicted octanol–water partition coefficient (Wildman–Crippen LogP) is 3.57. The molecule has 238 valence electrons. The van der Waals surface area contributed by atoms with E-state index in [2.05, 4.69) is 22.0 Å². The van der Waals surface area contributed by atoms with Gasteiger partial charge in [-0.2, -0.15) is 0 Å². The van der Waals surface area contributed by atoms with Crippen LogP contribution in [0.25, 0.3) is 0 Å². The number of aromatic hydroxyl groups is 1. The molecule has 2 bridgehead atoms. The highest BCUT2D eigenvalue weighted by atomic mass is 16.7. The van der Waals surface area contributed by atoms with E-state index >= 15 is 0 Å². The molecule has 1 amide bonds. The summed E-state index contributed by atoms with van der Waals surface area (Å²) in [6.07, 6.45) is 3.22. The number of phenols is 1. The minimum Gasteiger partial charge on any atom is -0.504 e. The first kappa shape index (κ1) is 30.5. The Labute approximate surface area is 258 Å². The normalized spacial score (nSPS) is 25.1. The number of benzene rings is 2. The van der Waals surface area contributed by atoms with Crippen molar-refractivity contribution in [1.29, 1.82) is 0 Å². The number of carbonyl (C=O) groups excluding carboxylic acids is 2. The summed E-state index contributed by atoms with van der Waals surface area (Å²) in [5.41, 5.74) is 4.76. The topological polar surface area (TPSA) is 130 Å². The first-order valence-electron chi connectivity index (χ1n) is 15.6. The molecule has 4 aliphatic rings. The number of esters is 1. The van der Waals surface area contributed by atoms with Crippen LogP contribution in [0, 0.1) is 13.8 Å². The maximum atomic E-state index is 13.0. The highest BCUT2D eigenvalue weighted by Crippen LogP contribution is 2.58. The number of hydrogen-bond donors (Lipinski definition) is 3. The molecule has 3 N–H and O–H groups in total. The fourth-order valence-electron chi connectivity index (χ4n) is 7.95. The maximum absolute atomic E-state index is 13.0. The number of methoxy groups -OCH3 is 1. The Morgan fingerprint density at radius 2 is 1.84 bits per heavy atom. The van der Waals surface area contributed by atoms with Gasteiger partial charge in [0, 0.05) is 48.2 Å². The standard InChI is InChI=1S/C33H43N3O8/c1-7-8-9-10-24(38)34-14-23-26-20(30(44-18(4)37)17(3)31-32(26)43-15-42-31)13-21-27-25-19(11-16(2)29(41-6)28(25)39)12-22(35(27)5)33(40)36(21)23/h11,21-23,27,33,39-40H,7-10,12-15H2,1-6H3,(H,34,38)/t21?,22-,23-,27-,33-/m0/s1. The van der Waals surface area contributed by atoms with Crippen molar-refractivity contribution in [2.75, 3.05) is 27.5 Å². The molecule has 4 heterocycles. The van der Waals surface area contributed by atoms with Crippen molar-refractivity contribution < 1.29 is 38.7 Å². The number of phenolic OH excluding ortho intramolecular Hbond substituents is 1. The zero-order valence-electron chi connectivity index (χ0n) is 26.4. The molecule has 1 saturated heterocycles. The second kappa shape index (κ2) is 11.8. The summed E-state index contributed by atoms with van der Waals surface area (Å²) in [7, 11) is 3.52. The van der Waals surface area contributed by atoms with Crippen LogP contribution in [0.2, 0.25) is 0 Å². The predicted molar refractivity (Wildman–Crippen MR) is 161 cm³/mol. The molecule has 0 aromatic heterocycles. The number of nitrogens with one attached hydrogen (secondary N) is 1. The third-order valence-corrected chi connectivity index (χ3v) is 9.84. The Hall–Kier alpha value is -3.54. The van der Waals surface area contributed by atoms with Gasteiger partial charge in [0.15, 0.2) is 23.0 Å². The summed E-state index contributed by atoms with van der Waals surface area (Å²) in [4.78, 5) is 29.6. The molecule has 5 atom stereocenters. The number of aliphatic hydroxyl groups is 1. The number of amides is 1. The molecule has 0 saturated carbocycles. The molecule has 44 heavy (non-hydrogen) atoms. The number of piperazine rings is 1. The molecule has 2 aromatic rings. The van der Waals surface area contributed by atoms with E-state index in [9.17, 15) is 19.8 Å². The van der Waals surface area contributed by atoms with Gasteiger partial charge < -0.3 is 34.5 Å². The van der Waals surface area contributed by atoms with Gasteiger partial charge in [-0.1, -0.05) is 25.8 Å². The largest absolute Gasteiger partial charge is 0.504 e. The number of likely N-dealkylation sites (N-methyl/N-ethyl adjacent to an activating group) is 1. The van der Waals surface area contributed by atoms with Crippen LogP contribution in [0.3, 0.4) is 0 Å². The number of carbonyl (C=O) groups is 2. The van der Waals surface area contributed by atoms with Crippen LogP contribution in [-0.2, 0) is 22.4 Å². The van der Waals surface area contributed by atoms with Gasteiger partial charge in [-0.3, -0.25) is 19.4 Å². The van der Waals surface area contributed by atoms with Gasteiger partial charge >= 0.3 is 5.97 Å². The first-order valence-corrected chi connectivity index (χ1v) is 15.6. The van der Waals surface area contributed by atoms with Crippen LogP contribution in [0.15, 0.2) is 6.07 Å². The third-order valence-electron chi connectivity index (χ3n) is 9.84. The van der Waals surface area contributed by atoms with E-state index in [4.69, 9.17) is 18.9 Å². The smallest absolute Gasteiger partial charge is 0.308 e. The molecule has 0 aliphatic carbocycles. The van der Waals surface area contributed by atoms with E-state index in [-0.39, 0.29) is 43.1 Å². The van der Waals surface area contributed by atoms with E-state index < -0.39 is 18.2 Å². The van der Waals surface area contributed by atoms with Crippen molar-refractivity contribution in [2.24, 2.45) is 0 Å². The molecule has 2 aromatic carbocycles. The zero-order chi connectivity index (χ0) is 31.4. The number of aryl methyl sites for hydroxylation is 1. The van der Waals surface area contributed by atoms with Crippen LogP contribution in [0.1, 0.15) is 85.0 Å². The number of unbranched alkanes of at least 4 members (excludes halogenated alkanes) is 2. The Bertz CT molecular complexity index is 1490. The molecule has 11 heteroatoms. The average molecular weight is 610 g/mol. The van der Waals surface area contributed by atoms with Gasteiger partial charge in [-0.25, -0.2) is 0 Å². The lowest BCUT2D eigenvalue weighted by Gasteiger charge is -2.60. The van der Waals surface area contributed by atoms with Gasteiger partial charge in [0.2, 0.25) is 12.7 Å². The SMILES string of the molecule is CCCCCC(=O)NC[C@H]1c2c(c(OC(C)=O)c(C)c3c2OCO3)CC2[C@H]3c4c(cc(C)c(OC)c4O)C[C@@H]([C@H](O)N21)N3C. The van der Waals surface area contributed by atoms with Gasteiger partial charge in [-0.15, -0.1) is 0 Å². The molecule has 0 spiro atoms. The van der Waals surface area contributed by atoms with Crippen LogP contribution in [-0.4, -0.2) is 77.7 Å². The summed E-state index contributed by atoms with van der Waals surface area (Å²) in [6, 6.07) is 0.569. The first-order chi connectivity index (χ1) is 21.1. The van der Waals surface area contributed by atoms with Gasteiger partial charge in [-0.05, 0) is 51.3 Å². The lowest BCUT2D eigenvalue weighted by molar-refractivity contribution is -0.172. The van der Waals surface area contributed by atoms with Gasteiger partial charge in [0.25, 0.3) is 0 Å². The number of nitrogens with zero attached hydrogens (tertiary/aromatic N) is 2. The summed E-state index contributed by atoms with van der Waals surface area (Å²) < 4.78 is 23.4. The van der Waals surface area contributed by atoms with Crippen molar-refractivity contribution in [1.82, 2.24) is 15.1 Å². The molecular formula is C33H43N3O8. The van der Waals surface area contributed by atoms with Crippen LogP contribution < -0.4 is 24.3 Å². The highest BCUT2D eigenvalue weighted by molar-refractivity contribution is 5.76. The van der Waals surface area contributed by atoms with E-state index in [0.717, 1.165) is 47.1 Å². The van der Waals surface area contributed by atoms with Crippen molar-refractivity contribution in [2.45, 2.75) is 96.6 Å². The third kappa shape index (κ3) is 4.76. The molecule has 4 aliphatic heterocycles. The Morgan fingerprint density at radius 1 is 1.09 bits per heavy atom. The van der Waals surface area contributed by atoms with Crippen LogP contribution >= 0.6 is 0 Å². The number of hydrogen-bond acceptors (Lipinski definition) is 10. The maximum Gasteiger partial charge on any atom is 0.308 e. The van der Waals surface area contributed by atoms with Crippen LogP contribution in [0.5, 0.6) is 28.7 Å². The van der Waals surface area contributed by atoms with Gasteiger partial charge in [0.1, 0.15) is 12.0 Å². The monoisotopic (exact) mass is 609 g/mol. The highest BCUT2D eigenvalue weighted by Gasteiger charge is 2.56. The fourth-order valence-corrected chi connectivity index (χ4v) is 7.95. The van der Waals surface area contributed by atoms with E-state index in [1.54, 1.807) is 7.11 Å². The summed E-state index contributed by atoms with van der Waals surface area (Å²) >= 11 is 0. The Balaban J connectivity index is 1.52. The lowest BCUT2D eigenvalue weighted by Crippen LogP contribution is -2.69. The van der Waals surface area contributed by atoms with Crippen molar-refractivity contribution in [3.63, 3.8) is 0 Å². The number of aliphatic hydroxyl groups excluding tert-OH is 1. The quantitative estimate of drug-likeness (QED) is 0.232. The molecule has 6 rings (SSSR count). The number of rotatable bonds is 8. The molecular weight excluding hydrogens is 566 g/mol. The number of ether oxygens (including phenoxy) is 4. The summed E-state index contributed by atoms with van der Waals surface area (Å²) in [6.45, 7) is 7.44. The lowest BCUT2D eigenvalue weighted by atomic mass is 9.73. The fraction of sp³-hybridized carbons (Fsp3) is 0.576. The zero-order valence-corrected chi connectivity index (χ0v) is 26.4. The molecule has 11 nitrogen and oxygen atoms in total. The average Bonchev–Trinajstić information content (AvgIpc) is 3.47. The summed E-state index contributed by atoms with van der Waals surface area (Å²) in [5.74, 6) is 1.48. The summed E-state index contributed by atoms with van der Waals surface area (Å²) in [5, 5.41) is 26.8. The minimum atomic E-state index is -0.898. The molecule has 0 radical (unpaired) electrons. The van der Waals surface area contributed by atoms with Crippen molar-refractivity contribution >= 4 is 11.9 Å². The van der Waals surface area contributed by atoms with Crippen molar-refractivity contribution in [3.8, 4) is 28.7 Å². The van der Waals surface area contributed by atoms with E-state index in [1.165, 1.54) is 6.92 Å². The van der Waals surface area contributed by atoms with Crippen molar-refractivity contribution in [3.05, 3.63) is 39.4 Å². The Morgan fingerprint density at radius 3 is 2.55 bits per heavy atom. The number of fused-ring (bicyclic) bond motifs is 9. The van der Waals surface area contributed by atoms with E-state index in [1.807, 2.05) is 27.0 Å². The molecule has 1 unspecified atom stereocenters. The van der Waals surface area contributed by atoms with Crippen LogP contribution in [0.4, 0.5) is 0 Å². The van der Waals surface area contributed by atoms with Gasteiger partial charge in [0.05, 0.1) is 25.2 Å². The molecule has 1 fully saturated rings.